The van der Waals surface area contributed by atoms with Gasteiger partial charge in [0.15, 0.2) is 5.76 Å². The quantitative estimate of drug-likeness (QED) is 0.628. The van der Waals surface area contributed by atoms with Crippen LogP contribution in [-0.2, 0) is 4.74 Å². The zero-order valence-corrected chi connectivity index (χ0v) is 12.9. The van der Waals surface area contributed by atoms with E-state index in [1.165, 1.54) is 6.26 Å². The summed E-state index contributed by atoms with van der Waals surface area (Å²) in [5.41, 5.74) is 0. The summed E-state index contributed by atoms with van der Waals surface area (Å²) in [4.78, 5) is 20.5. The number of piperazine rings is 1. The van der Waals surface area contributed by atoms with Gasteiger partial charge >= 0.3 is 5.91 Å². The number of rotatable bonds is 3. The number of aliphatic imine (C=N–C) groups is 1. The van der Waals surface area contributed by atoms with E-state index < -0.39 is 5.91 Å². The lowest BCUT2D eigenvalue weighted by molar-refractivity contribution is 0.0951. The molecule has 1 amide bonds. The van der Waals surface area contributed by atoms with Crippen molar-refractivity contribution in [2.75, 3.05) is 32.7 Å². The molecule has 0 bridgehead atoms. The van der Waals surface area contributed by atoms with E-state index >= 15 is 0 Å². The van der Waals surface area contributed by atoms with Gasteiger partial charge in [-0.05, 0) is 32.5 Å². The Morgan fingerprint density at radius 3 is 2.62 bits per heavy atom. The van der Waals surface area contributed by atoms with E-state index in [0.717, 1.165) is 32.7 Å². The van der Waals surface area contributed by atoms with Crippen molar-refractivity contribution in [3.63, 3.8) is 0 Å². The molecule has 1 fully saturated rings. The molecule has 1 aliphatic heterocycles. The van der Waals surface area contributed by atoms with Gasteiger partial charge in [-0.2, -0.15) is 4.99 Å². The van der Waals surface area contributed by atoms with Gasteiger partial charge in [-0.1, -0.05) is 6.92 Å². The predicted molar refractivity (Wildman–Crippen MR) is 80.4 cm³/mol. The van der Waals surface area contributed by atoms with E-state index in [4.69, 9.17) is 9.15 Å². The first-order valence-corrected chi connectivity index (χ1v) is 7.40. The minimum absolute atomic E-state index is 0.0302. The molecule has 21 heavy (non-hydrogen) atoms. The molecule has 2 rings (SSSR count). The predicted octanol–water partition coefficient (Wildman–Crippen LogP) is 1.84. The normalized spacial score (nSPS) is 17.3. The molecule has 0 spiro atoms. The van der Waals surface area contributed by atoms with Crippen molar-refractivity contribution < 1.29 is 13.9 Å². The Kier molecular flexibility index (Phi) is 5.38. The summed E-state index contributed by atoms with van der Waals surface area (Å²) < 4.78 is 10.8. The van der Waals surface area contributed by atoms with Gasteiger partial charge in [0, 0.05) is 26.2 Å². The number of furan rings is 1. The maximum Gasteiger partial charge on any atom is 0.317 e. The number of carbonyl (C=O) groups excluding carboxylic acids is 1. The second-order valence-electron chi connectivity index (χ2n) is 5.26. The van der Waals surface area contributed by atoms with Crippen LogP contribution >= 0.6 is 0 Å². The highest BCUT2D eigenvalue weighted by Crippen LogP contribution is 2.08. The lowest BCUT2D eigenvalue weighted by Gasteiger charge is -2.35. The average Bonchev–Trinajstić information content (AvgIpc) is 3.00. The van der Waals surface area contributed by atoms with Crippen LogP contribution in [0.25, 0.3) is 0 Å². The van der Waals surface area contributed by atoms with Gasteiger partial charge < -0.3 is 19.0 Å². The summed E-state index contributed by atoms with van der Waals surface area (Å²) in [6.07, 6.45) is 1.43. The molecule has 1 saturated heterocycles. The molecule has 0 N–H and O–H groups in total. The summed E-state index contributed by atoms with van der Waals surface area (Å²) in [5.74, 6) is -0.180. The molecule has 0 unspecified atom stereocenters. The zero-order valence-electron chi connectivity index (χ0n) is 12.9. The van der Waals surface area contributed by atoms with Crippen LogP contribution in [-0.4, -0.2) is 60.6 Å². The number of nitrogens with zero attached hydrogens (tertiary/aromatic N) is 3. The summed E-state index contributed by atoms with van der Waals surface area (Å²) in [7, 11) is 0. The second-order valence-corrected chi connectivity index (χ2v) is 5.26. The van der Waals surface area contributed by atoms with Crippen LogP contribution < -0.4 is 0 Å². The first kappa shape index (κ1) is 15.6. The molecule has 116 valence electrons. The first-order valence-electron chi connectivity index (χ1n) is 7.40. The monoisotopic (exact) mass is 293 g/mol. The number of amidine groups is 1. The molecule has 2 heterocycles. The molecule has 0 radical (unpaired) electrons. The van der Waals surface area contributed by atoms with Crippen LogP contribution in [0.5, 0.6) is 0 Å². The van der Waals surface area contributed by atoms with Crippen LogP contribution in [0.1, 0.15) is 31.3 Å². The Hall–Kier alpha value is -1.82. The van der Waals surface area contributed by atoms with Crippen molar-refractivity contribution in [1.82, 2.24) is 9.80 Å². The minimum atomic E-state index is -0.409. The Balaban J connectivity index is 2.09. The maximum atomic E-state index is 12.1. The fourth-order valence-electron chi connectivity index (χ4n) is 2.18. The highest BCUT2D eigenvalue weighted by molar-refractivity contribution is 5.99. The number of amides is 1. The number of carbonyl (C=O) groups is 1. The number of hydrogen-bond donors (Lipinski definition) is 0. The Bertz CT molecular complexity index is 474. The fraction of sp³-hybridized carbons (Fsp3) is 0.600. The highest BCUT2D eigenvalue weighted by Gasteiger charge is 2.22. The van der Waals surface area contributed by atoms with E-state index in [0.29, 0.717) is 6.02 Å². The van der Waals surface area contributed by atoms with E-state index in [9.17, 15) is 4.79 Å². The molecule has 0 aromatic carbocycles. The third-order valence-corrected chi connectivity index (χ3v) is 3.36. The third kappa shape index (κ3) is 4.32. The molecular weight excluding hydrogens is 270 g/mol. The number of likely N-dealkylation sites (N-methyl/N-ethyl adjacent to an activating group) is 1. The third-order valence-electron chi connectivity index (χ3n) is 3.36. The molecule has 0 saturated carbocycles. The number of ether oxygens (including phenoxy) is 1. The van der Waals surface area contributed by atoms with Crippen molar-refractivity contribution in [2.24, 2.45) is 4.99 Å². The molecular formula is C15H23N3O3. The van der Waals surface area contributed by atoms with Crippen LogP contribution in [0.15, 0.2) is 27.8 Å². The molecule has 1 aliphatic rings. The lowest BCUT2D eigenvalue weighted by atomic mass is 10.3. The van der Waals surface area contributed by atoms with Gasteiger partial charge in [0.05, 0.1) is 12.4 Å². The first-order chi connectivity index (χ1) is 10.1. The fourth-order valence-corrected chi connectivity index (χ4v) is 2.18. The van der Waals surface area contributed by atoms with Crippen LogP contribution in [0.3, 0.4) is 0 Å². The van der Waals surface area contributed by atoms with Crippen molar-refractivity contribution in [1.29, 1.82) is 0 Å². The molecule has 1 aromatic heterocycles. The summed E-state index contributed by atoms with van der Waals surface area (Å²) >= 11 is 0. The Labute approximate surface area is 125 Å². The van der Waals surface area contributed by atoms with E-state index in [1.807, 2.05) is 18.7 Å². The van der Waals surface area contributed by atoms with Crippen molar-refractivity contribution in [3.8, 4) is 0 Å². The minimum Gasteiger partial charge on any atom is -0.462 e. The zero-order chi connectivity index (χ0) is 15.2. The van der Waals surface area contributed by atoms with Gasteiger partial charge in [0.1, 0.15) is 0 Å². The van der Waals surface area contributed by atoms with Crippen LogP contribution in [0.2, 0.25) is 0 Å². The van der Waals surface area contributed by atoms with Gasteiger partial charge in [-0.25, -0.2) is 0 Å². The summed E-state index contributed by atoms with van der Waals surface area (Å²) in [5, 5.41) is 0. The molecule has 6 nitrogen and oxygen atoms in total. The molecule has 6 heteroatoms. The van der Waals surface area contributed by atoms with Crippen molar-refractivity contribution in [3.05, 3.63) is 24.2 Å². The topological polar surface area (TPSA) is 58.3 Å². The van der Waals surface area contributed by atoms with E-state index in [-0.39, 0.29) is 11.9 Å². The average molecular weight is 293 g/mol. The van der Waals surface area contributed by atoms with E-state index in [1.54, 1.807) is 12.1 Å². The van der Waals surface area contributed by atoms with Crippen LogP contribution in [0, 0.1) is 0 Å². The van der Waals surface area contributed by atoms with Crippen molar-refractivity contribution in [2.45, 2.75) is 26.9 Å². The van der Waals surface area contributed by atoms with E-state index in [2.05, 4.69) is 16.8 Å². The Morgan fingerprint density at radius 2 is 2.10 bits per heavy atom. The van der Waals surface area contributed by atoms with Gasteiger partial charge in [-0.15, -0.1) is 0 Å². The van der Waals surface area contributed by atoms with Gasteiger partial charge in [-0.3, -0.25) is 4.79 Å². The highest BCUT2D eigenvalue weighted by atomic mass is 16.5. The standard InChI is InChI=1S/C15H23N3O3/c1-4-17-7-9-18(10-8-17)15(21-12(2)3)16-14(19)13-6-5-11-20-13/h5-6,11-12H,4,7-10H2,1-3H3. The maximum absolute atomic E-state index is 12.1. The summed E-state index contributed by atoms with van der Waals surface area (Å²) in [6, 6.07) is 3.67. The van der Waals surface area contributed by atoms with Gasteiger partial charge in [0.25, 0.3) is 6.02 Å². The smallest absolute Gasteiger partial charge is 0.317 e. The Morgan fingerprint density at radius 1 is 1.38 bits per heavy atom. The number of hydrogen-bond acceptors (Lipinski definition) is 4. The largest absolute Gasteiger partial charge is 0.462 e. The second kappa shape index (κ2) is 7.26. The lowest BCUT2D eigenvalue weighted by Crippen LogP contribution is -2.49. The molecule has 0 atom stereocenters. The molecule has 0 aliphatic carbocycles. The van der Waals surface area contributed by atoms with Gasteiger partial charge in [0.2, 0.25) is 0 Å². The van der Waals surface area contributed by atoms with Crippen LogP contribution in [0.4, 0.5) is 0 Å². The SMILES string of the molecule is CCN1CCN(C(=NC(=O)c2ccco2)OC(C)C)CC1. The summed E-state index contributed by atoms with van der Waals surface area (Å²) in [6.45, 7) is 10.6. The molecule has 1 aromatic rings. The van der Waals surface area contributed by atoms with Crippen molar-refractivity contribution >= 4 is 11.9 Å².